The summed E-state index contributed by atoms with van der Waals surface area (Å²) >= 11 is 0. The molecule has 2 aromatic rings. The van der Waals surface area contributed by atoms with E-state index in [1.165, 1.54) is 0 Å². The van der Waals surface area contributed by atoms with Gasteiger partial charge in [0.1, 0.15) is 0 Å². The molecule has 1 atom stereocenters. The third-order valence-corrected chi connectivity index (χ3v) is 10.2. The van der Waals surface area contributed by atoms with Crippen LogP contribution in [0.3, 0.4) is 0 Å². The maximum atomic E-state index is 13.3. The van der Waals surface area contributed by atoms with Crippen molar-refractivity contribution in [1.29, 1.82) is 0 Å². The number of aromatic nitrogens is 3. The number of fused-ring (bicyclic) bond motifs is 1. The van der Waals surface area contributed by atoms with Gasteiger partial charge in [0.05, 0.1) is 35.2 Å². The third kappa shape index (κ3) is 3.89. The normalized spacial score (nSPS) is 19.9. The van der Waals surface area contributed by atoms with Crippen LogP contribution in [0.4, 0.5) is 10.6 Å². The summed E-state index contributed by atoms with van der Waals surface area (Å²) in [6.07, 6.45) is 12.7. The predicted octanol–water partition coefficient (Wildman–Crippen LogP) is 2.85. The summed E-state index contributed by atoms with van der Waals surface area (Å²) in [6, 6.07) is 2.71. The lowest BCUT2D eigenvalue weighted by molar-refractivity contribution is -0.120. The lowest BCUT2D eigenvalue weighted by atomic mass is 9.83. The SMILES string of the molecule is CC1(C)c2[nH]nc(NC(=O)C3(S(C)(C)C)CCC3)c2CN1C(=O)NC(CO)c1cccnc1. The fraction of sp³-hybridized carbons (Fsp3) is 0.565. The number of carbonyl (C=O) groups excluding carboxylic acids is 2. The molecule has 1 aliphatic carbocycles. The summed E-state index contributed by atoms with van der Waals surface area (Å²) < 4.78 is -0.317. The molecular weight excluding hydrogens is 440 g/mol. The highest BCUT2D eigenvalue weighted by molar-refractivity contribution is 8.33. The number of hydrogen-bond donors (Lipinski definition) is 4. The van der Waals surface area contributed by atoms with Gasteiger partial charge in [-0.3, -0.25) is 14.9 Å². The minimum absolute atomic E-state index is 0.0307. The van der Waals surface area contributed by atoms with Crippen LogP contribution < -0.4 is 10.6 Å². The van der Waals surface area contributed by atoms with Gasteiger partial charge in [0.2, 0.25) is 5.91 Å². The van der Waals surface area contributed by atoms with E-state index in [-0.39, 0.29) is 23.3 Å². The van der Waals surface area contributed by atoms with E-state index in [1.807, 2.05) is 19.9 Å². The largest absolute Gasteiger partial charge is 0.394 e. The fourth-order valence-corrected chi connectivity index (χ4v) is 6.95. The molecule has 10 heteroatoms. The van der Waals surface area contributed by atoms with Crippen LogP contribution in [-0.2, 0) is 16.9 Å². The number of urea groups is 1. The number of anilines is 1. The first-order valence-corrected chi connectivity index (χ1v) is 14.0. The van der Waals surface area contributed by atoms with Crippen LogP contribution in [0.25, 0.3) is 0 Å². The van der Waals surface area contributed by atoms with Crippen LogP contribution in [0.5, 0.6) is 0 Å². The first-order chi connectivity index (χ1) is 15.5. The monoisotopic (exact) mass is 474 g/mol. The topological polar surface area (TPSA) is 123 Å². The molecule has 9 nitrogen and oxygen atoms in total. The Morgan fingerprint density at radius 1 is 1.30 bits per heavy atom. The molecule has 0 saturated heterocycles. The lowest BCUT2D eigenvalue weighted by Gasteiger charge is -2.53. The smallest absolute Gasteiger partial charge is 0.319 e. The molecule has 180 valence electrons. The molecule has 2 aliphatic rings. The van der Waals surface area contributed by atoms with Crippen molar-refractivity contribution in [3.05, 3.63) is 41.3 Å². The van der Waals surface area contributed by atoms with Crippen molar-refractivity contribution in [2.75, 3.05) is 30.7 Å². The zero-order chi connectivity index (χ0) is 24.0. The quantitative estimate of drug-likeness (QED) is 0.513. The Morgan fingerprint density at radius 3 is 2.58 bits per heavy atom. The highest BCUT2D eigenvalue weighted by Gasteiger charge is 2.51. The zero-order valence-corrected chi connectivity index (χ0v) is 20.8. The first kappa shape index (κ1) is 23.6. The van der Waals surface area contributed by atoms with E-state index in [9.17, 15) is 14.7 Å². The minimum atomic E-state index is -1.09. The maximum absolute atomic E-state index is 13.3. The average molecular weight is 475 g/mol. The maximum Gasteiger partial charge on any atom is 0.319 e. The van der Waals surface area contributed by atoms with E-state index >= 15 is 0 Å². The van der Waals surface area contributed by atoms with Crippen LogP contribution in [0.2, 0.25) is 0 Å². The Morgan fingerprint density at radius 2 is 2.03 bits per heavy atom. The molecule has 4 N–H and O–H groups in total. The highest BCUT2D eigenvalue weighted by atomic mass is 32.3. The average Bonchev–Trinajstić information content (AvgIpc) is 3.23. The second kappa shape index (κ2) is 8.32. The van der Waals surface area contributed by atoms with Crippen molar-refractivity contribution in [2.45, 2.75) is 56.0 Å². The molecule has 3 heterocycles. The molecule has 1 aliphatic heterocycles. The van der Waals surface area contributed by atoms with Crippen LogP contribution in [0.1, 0.15) is 56.0 Å². The number of amides is 3. The van der Waals surface area contributed by atoms with Gasteiger partial charge in [-0.1, -0.05) is 6.07 Å². The summed E-state index contributed by atoms with van der Waals surface area (Å²) in [5.41, 5.74) is 1.70. The Balaban J connectivity index is 1.52. The number of H-pyrrole nitrogens is 1. The Bertz CT molecular complexity index is 1040. The fourth-order valence-electron chi connectivity index (χ4n) is 4.83. The number of rotatable bonds is 6. The van der Waals surface area contributed by atoms with Gasteiger partial charge < -0.3 is 20.6 Å². The van der Waals surface area contributed by atoms with Crippen molar-refractivity contribution in [1.82, 2.24) is 25.4 Å². The summed E-state index contributed by atoms with van der Waals surface area (Å²) in [5, 5.41) is 23.3. The number of carbonyl (C=O) groups is 2. The molecule has 0 spiro atoms. The van der Waals surface area contributed by atoms with Crippen molar-refractivity contribution in [3.63, 3.8) is 0 Å². The number of nitrogens with one attached hydrogen (secondary N) is 3. The molecule has 33 heavy (non-hydrogen) atoms. The predicted molar refractivity (Wildman–Crippen MR) is 130 cm³/mol. The van der Waals surface area contributed by atoms with Gasteiger partial charge in [0.25, 0.3) is 0 Å². The summed E-state index contributed by atoms with van der Waals surface area (Å²) in [4.78, 5) is 32.3. The molecule has 2 aromatic heterocycles. The number of aromatic amines is 1. The van der Waals surface area contributed by atoms with E-state index in [2.05, 4.69) is 44.6 Å². The Hall–Kier alpha value is -2.59. The van der Waals surface area contributed by atoms with Crippen molar-refractivity contribution >= 4 is 27.8 Å². The van der Waals surface area contributed by atoms with E-state index in [1.54, 1.807) is 23.4 Å². The first-order valence-electron chi connectivity index (χ1n) is 11.2. The van der Waals surface area contributed by atoms with Gasteiger partial charge in [-0.25, -0.2) is 14.8 Å². The number of hydrogen-bond acceptors (Lipinski definition) is 5. The van der Waals surface area contributed by atoms with Gasteiger partial charge in [0.15, 0.2) is 5.82 Å². The molecule has 3 amide bonds. The van der Waals surface area contributed by atoms with Crippen molar-refractivity contribution in [3.8, 4) is 0 Å². The number of nitrogens with zero attached hydrogens (tertiary/aromatic N) is 3. The van der Waals surface area contributed by atoms with Gasteiger partial charge in [-0.05, 0) is 63.5 Å². The minimum Gasteiger partial charge on any atom is -0.394 e. The van der Waals surface area contributed by atoms with Gasteiger partial charge in [0, 0.05) is 18.0 Å². The molecule has 1 saturated carbocycles. The van der Waals surface area contributed by atoms with Gasteiger partial charge >= 0.3 is 6.03 Å². The highest BCUT2D eigenvalue weighted by Crippen LogP contribution is 2.60. The van der Waals surface area contributed by atoms with Crippen LogP contribution in [-0.4, -0.2) is 67.2 Å². The Labute approximate surface area is 196 Å². The van der Waals surface area contributed by atoms with Crippen molar-refractivity contribution < 1.29 is 14.7 Å². The lowest BCUT2D eigenvalue weighted by Crippen LogP contribution is -2.51. The second-order valence-electron chi connectivity index (χ2n) is 10.2. The summed E-state index contributed by atoms with van der Waals surface area (Å²) in [5.74, 6) is 0.530. The molecule has 4 rings (SSSR count). The van der Waals surface area contributed by atoms with E-state index in [0.29, 0.717) is 12.4 Å². The molecule has 0 aromatic carbocycles. The van der Waals surface area contributed by atoms with E-state index in [0.717, 1.165) is 36.1 Å². The third-order valence-electron chi connectivity index (χ3n) is 7.26. The number of aliphatic hydroxyl groups is 1. The molecule has 0 radical (unpaired) electrons. The number of aliphatic hydroxyl groups excluding tert-OH is 1. The van der Waals surface area contributed by atoms with E-state index < -0.39 is 21.6 Å². The van der Waals surface area contributed by atoms with Crippen LogP contribution in [0, 0.1) is 0 Å². The standard InChI is InChI=1S/C23H34N6O3S/c1-22(2)18-16(13-29(22)21(32)25-17(14-30)15-8-6-11-24-12-15)19(28-27-18)26-20(31)23(9-7-10-23)33(3,4)5/h6,8,11-12,17,30H,7,9-10,13-14H2,1-5H3,(H,25,32)(H2,26,27,28,31). The van der Waals surface area contributed by atoms with Crippen LogP contribution in [0.15, 0.2) is 24.5 Å². The number of pyridine rings is 1. The van der Waals surface area contributed by atoms with Crippen LogP contribution >= 0.6 is 10.0 Å². The Kier molecular flexibility index (Phi) is 5.94. The molecule has 1 unspecified atom stereocenters. The van der Waals surface area contributed by atoms with Crippen molar-refractivity contribution in [2.24, 2.45) is 0 Å². The molecule has 1 fully saturated rings. The molecule has 0 bridgehead atoms. The zero-order valence-electron chi connectivity index (χ0n) is 19.9. The van der Waals surface area contributed by atoms with Gasteiger partial charge in [-0.15, -0.1) is 0 Å². The summed E-state index contributed by atoms with van der Waals surface area (Å²) in [6.45, 7) is 3.94. The second-order valence-corrected chi connectivity index (χ2v) is 14.6. The van der Waals surface area contributed by atoms with E-state index in [4.69, 9.17) is 0 Å². The summed E-state index contributed by atoms with van der Waals surface area (Å²) in [7, 11) is -1.09. The molecular formula is C23H34N6O3S. The van der Waals surface area contributed by atoms with Gasteiger partial charge in [-0.2, -0.15) is 5.10 Å².